The van der Waals surface area contributed by atoms with E-state index in [0.717, 1.165) is 34.7 Å². The minimum Gasteiger partial charge on any atom is -0.355 e. The molecule has 7 nitrogen and oxygen atoms in total. The van der Waals surface area contributed by atoms with Crippen molar-refractivity contribution in [2.75, 3.05) is 18.6 Å². The number of hydrogen-bond donors (Lipinski definition) is 1. The number of carbonyl (C=O) groups is 1. The molecular formula is C24H32N6OS2. The minimum atomic E-state index is 0.0255. The van der Waals surface area contributed by atoms with Crippen molar-refractivity contribution in [3.05, 3.63) is 47.5 Å². The van der Waals surface area contributed by atoms with Gasteiger partial charge in [0.05, 0.1) is 11.4 Å². The Morgan fingerprint density at radius 1 is 1.18 bits per heavy atom. The zero-order chi connectivity index (χ0) is 23.2. The molecular weight excluding hydrogens is 452 g/mol. The second-order valence-electron chi connectivity index (χ2n) is 8.45. The first-order chi connectivity index (χ1) is 16.1. The second-order valence-corrected chi connectivity index (χ2v) is 10.2. The number of hydrogen-bond acceptors (Lipinski definition) is 6. The molecule has 1 N–H and O–H groups in total. The molecule has 1 aromatic carbocycles. The number of thioether (sulfide) groups is 2. The van der Waals surface area contributed by atoms with Crippen LogP contribution in [0.5, 0.6) is 0 Å². The van der Waals surface area contributed by atoms with Crippen LogP contribution in [-0.4, -0.2) is 48.8 Å². The van der Waals surface area contributed by atoms with Gasteiger partial charge in [0.1, 0.15) is 5.82 Å². The Kier molecular flexibility index (Phi) is 8.14. The van der Waals surface area contributed by atoms with Crippen LogP contribution in [0.4, 0.5) is 0 Å². The molecule has 1 fully saturated rings. The summed E-state index contributed by atoms with van der Waals surface area (Å²) < 4.78 is 4.39. The summed E-state index contributed by atoms with van der Waals surface area (Å²) in [7, 11) is 0. The van der Waals surface area contributed by atoms with Crippen LogP contribution in [-0.2, 0) is 11.2 Å². The van der Waals surface area contributed by atoms with E-state index < -0.39 is 0 Å². The zero-order valence-corrected chi connectivity index (χ0v) is 21.2. The van der Waals surface area contributed by atoms with Crippen molar-refractivity contribution in [3.63, 3.8) is 0 Å². The molecule has 1 aliphatic rings. The summed E-state index contributed by atoms with van der Waals surface area (Å²) >= 11 is 3.12. The van der Waals surface area contributed by atoms with Crippen molar-refractivity contribution in [1.82, 2.24) is 29.6 Å². The van der Waals surface area contributed by atoms with Gasteiger partial charge in [0, 0.05) is 31.4 Å². The number of rotatable bonds is 10. The molecule has 0 atom stereocenters. The van der Waals surface area contributed by atoms with Gasteiger partial charge in [-0.25, -0.2) is 4.98 Å². The van der Waals surface area contributed by atoms with E-state index >= 15 is 0 Å². The van der Waals surface area contributed by atoms with Crippen LogP contribution in [0.15, 0.2) is 40.9 Å². The first kappa shape index (κ1) is 23.9. The van der Waals surface area contributed by atoms with E-state index in [1.165, 1.54) is 48.6 Å². The van der Waals surface area contributed by atoms with E-state index in [4.69, 9.17) is 0 Å². The van der Waals surface area contributed by atoms with Gasteiger partial charge >= 0.3 is 0 Å². The fourth-order valence-electron chi connectivity index (χ4n) is 4.38. The Morgan fingerprint density at radius 2 is 2.00 bits per heavy atom. The van der Waals surface area contributed by atoms with Crippen molar-refractivity contribution in [1.29, 1.82) is 0 Å². The molecule has 0 aliphatic heterocycles. The molecule has 0 unspecified atom stereocenters. The SMILES string of the molecule is CSc1nnc(CCCNC(=O)CSc2nccn2-c2cccc(C)c2C)n1C1CCCC1. The Hall–Kier alpha value is -2.26. The second kappa shape index (κ2) is 11.2. The van der Waals surface area contributed by atoms with E-state index in [1.807, 2.05) is 6.20 Å². The summed E-state index contributed by atoms with van der Waals surface area (Å²) in [4.78, 5) is 16.9. The van der Waals surface area contributed by atoms with Gasteiger partial charge in [-0.3, -0.25) is 9.36 Å². The van der Waals surface area contributed by atoms with Crippen molar-refractivity contribution in [2.24, 2.45) is 0 Å². The maximum Gasteiger partial charge on any atom is 0.230 e. The average Bonchev–Trinajstić information content (AvgIpc) is 3.57. The third-order valence-corrected chi connectivity index (χ3v) is 7.89. The first-order valence-electron chi connectivity index (χ1n) is 11.6. The van der Waals surface area contributed by atoms with E-state index in [9.17, 15) is 4.79 Å². The van der Waals surface area contributed by atoms with Gasteiger partial charge in [-0.05, 0) is 56.6 Å². The summed E-state index contributed by atoms with van der Waals surface area (Å²) in [6.07, 6.45) is 12.5. The lowest BCUT2D eigenvalue weighted by Gasteiger charge is -2.16. The average molecular weight is 485 g/mol. The molecule has 0 saturated heterocycles. The normalized spacial score (nSPS) is 14.2. The number of nitrogens with zero attached hydrogens (tertiary/aromatic N) is 5. The minimum absolute atomic E-state index is 0.0255. The van der Waals surface area contributed by atoms with Crippen LogP contribution in [0, 0.1) is 13.8 Å². The summed E-state index contributed by atoms with van der Waals surface area (Å²) in [5.41, 5.74) is 3.56. The highest BCUT2D eigenvalue weighted by Gasteiger charge is 2.23. The fraction of sp³-hybridized carbons (Fsp3) is 0.500. The van der Waals surface area contributed by atoms with Crippen LogP contribution in [0.2, 0.25) is 0 Å². The molecule has 2 heterocycles. The molecule has 0 radical (unpaired) electrons. The van der Waals surface area contributed by atoms with Crippen molar-refractivity contribution >= 4 is 29.4 Å². The molecule has 176 valence electrons. The van der Waals surface area contributed by atoms with E-state index in [0.29, 0.717) is 18.3 Å². The third kappa shape index (κ3) is 5.63. The lowest BCUT2D eigenvalue weighted by molar-refractivity contribution is -0.118. The molecule has 9 heteroatoms. The van der Waals surface area contributed by atoms with Crippen molar-refractivity contribution in [2.45, 2.75) is 68.7 Å². The molecule has 0 spiro atoms. The van der Waals surface area contributed by atoms with Gasteiger partial charge < -0.3 is 9.88 Å². The fourth-order valence-corrected chi connectivity index (χ4v) is 5.75. The summed E-state index contributed by atoms with van der Waals surface area (Å²) in [6, 6.07) is 6.77. The maximum absolute atomic E-state index is 12.4. The smallest absolute Gasteiger partial charge is 0.230 e. The van der Waals surface area contributed by atoms with Crippen LogP contribution in [0.1, 0.15) is 55.1 Å². The van der Waals surface area contributed by atoms with E-state index in [2.05, 4.69) is 67.9 Å². The number of imidazole rings is 1. The molecule has 1 saturated carbocycles. The monoisotopic (exact) mass is 484 g/mol. The van der Waals surface area contributed by atoms with Crippen LogP contribution in [0.25, 0.3) is 5.69 Å². The number of amides is 1. The molecule has 1 amide bonds. The summed E-state index contributed by atoms with van der Waals surface area (Å²) in [6.45, 7) is 4.85. The summed E-state index contributed by atoms with van der Waals surface area (Å²) in [5, 5.41) is 13.7. The Labute approximate surface area is 204 Å². The zero-order valence-electron chi connectivity index (χ0n) is 19.6. The first-order valence-corrected chi connectivity index (χ1v) is 13.8. The molecule has 0 bridgehead atoms. The van der Waals surface area contributed by atoms with E-state index in [1.54, 1.807) is 18.0 Å². The Balaban J connectivity index is 1.26. The van der Waals surface area contributed by atoms with Crippen molar-refractivity contribution < 1.29 is 4.79 Å². The molecule has 1 aliphatic carbocycles. The Morgan fingerprint density at radius 3 is 2.79 bits per heavy atom. The highest BCUT2D eigenvalue weighted by atomic mass is 32.2. The number of aromatic nitrogens is 5. The van der Waals surface area contributed by atoms with Gasteiger partial charge in [-0.2, -0.15) is 0 Å². The van der Waals surface area contributed by atoms with Gasteiger partial charge in [0.2, 0.25) is 5.91 Å². The van der Waals surface area contributed by atoms with Crippen LogP contribution < -0.4 is 5.32 Å². The third-order valence-electron chi connectivity index (χ3n) is 6.28. The molecule has 3 aromatic rings. The van der Waals surface area contributed by atoms with E-state index in [-0.39, 0.29) is 5.91 Å². The standard InChI is InChI=1S/C24H32N6OS2/c1-17-8-6-11-20(18(17)2)29-15-14-26-23(29)33-16-22(31)25-13-7-12-21-27-28-24(32-3)30(21)19-9-4-5-10-19/h6,8,11,14-15,19H,4-5,7,9-10,12-13,16H2,1-3H3,(H,25,31). The molecule has 4 rings (SSSR count). The van der Waals surface area contributed by atoms with Crippen LogP contribution in [0.3, 0.4) is 0 Å². The molecule has 2 aromatic heterocycles. The highest BCUT2D eigenvalue weighted by molar-refractivity contribution is 7.99. The number of nitrogens with one attached hydrogen (secondary N) is 1. The molecule has 33 heavy (non-hydrogen) atoms. The number of benzene rings is 1. The van der Waals surface area contributed by atoms with Gasteiger partial charge in [-0.15, -0.1) is 10.2 Å². The Bertz CT molecular complexity index is 1090. The highest BCUT2D eigenvalue weighted by Crippen LogP contribution is 2.33. The van der Waals surface area contributed by atoms with Gasteiger partial charge in [-0.1, -0.05) is 48.5 Å². The predicted molar refractivity (Wildman–Crippen MR) is 134 cm³/mol. The van der Waals surface area contributed by atoms with Gasteiger partial charge in [0.25, 0.3) is 0 Å². The quantitative estimate of drug-likeness (QED) is 0.330. The lowest BCUT2D eigenvalue weighted by atomic mass is 10.1. The topological polar surface area (TPSA) is 77.6 Å². The number of carbonyl (C=O) groups excluding carboxylic acids is 1. The van der Waals surface area contributed by atoms with Crippen molar-refractivity contribution in [3.8, 4) is 5.69 Å². The predicted octanol–water partition coefficient (Wildman–Crippen LogP) is 4.76. The number of aryl methyl sites for hydroxylation is 2. The summed E-state index contributed by atoms with van der Waals surface area (Å²) in [5.74, 6) is 1.42. The van der Waals surface area contributed by atoms with Crippen LogP contribution >= 0.6 is 23.5 Å². The largest absolute Gasteiger partial charge is 0.355 e. The maximum atomic E-state index is 12.4. The lowest BCUT2D eigenvalue weighted by Crippen LogP contribution is -2.27. The van der Waals surface area contributed by atoms with Gasteiger partial charge in [0.15, 0.2) is 10.3 Å².